The Bertz CT molecular complexity index is 311. The molecular weight excluding hydrogens is 224 g/mol. The van der Waals surface area contributed by atoms with Gasteiger partial charge in [0.2, 0.25) is 0 Å². The number of thiazole rings is 1. The lowest BCUT2D eigenvalue weighted by Gasteiger charge is -2.15. The molecule has 0 bridgehead atoms. The molecule has 2 rings (SSSR count). The van der Waals surface area contributed by atoms with Crippen LogP contribution in [0.2, 0.25) is 0 Å². The Morgan fingerprint density at radius 3 is 3.07 bits per heavy atom. The molecule has 0 aromatic carbocycles. The number of aryl methyl sites for hydroxylation is 1. The van der Waals surface area contributed by atoms with Crippen LogP contribution in [0.15, 0.2) is 5.38 Å². The van der Waals surface area contributed by atoms with Gasteiger partial charge in [-0.3, -0.25) is 0 Å². The number of hydrogen-bond acceptors (Lipinski definition) is 4. The van der Waals surface area contributed by atoms with Crippen molar-refractivity contribution in [3.05, 3.63) is 16.1 Å². The summed E-state index contributed by atoms with van der Waals surface area (Å²) in [5.74, 6) is 1.31. The highest BCUT2D eigenvalue weighted by Crippen LogP contribution is 2.25. The van der Waals surface area contributed by atoms with E-state index in [4.69, 9.17) is 0 Å². The molecule has 2 unspecified atom stereocenters. The predicted molar refractivity (Wildman–Crippen MR) is 68.9 cm³/mol. The van der Waals surface area contributed by atoms with Gasteiger partial charge in [-0.1, -0.05) is 6.92 Å². The van der Waals surface area contributed by atoms with E-state index in [1.807, 2.05) is 0 Å². The van der Waals surface area contributed by atoms with Gasteiger partial charge in [0.25, 0.3) is 0 Å². The zero-order chi connectivity index (χ0) is 10.7. The quantitative estimate of drug-likeness (QED) is 0.878. The van der Waals surface area contributed by atoms with Crippen LogP contribution in [-0.4, -0.2) is 28.6 Å². The van der Waals surface area contributed by atoms with Crippen molar-refractivity contribution in [2.24, 2.45) is 0 Å². The maximum Gasteiger partial charge on any atom is 0.0897 e. The number of thioether (sulfide) groups is 1. The number of aromatic nitrogens is 1. The maximum atomic E-state index is 4.47. The Morgan fingerprint density at radius 2 is 2.47 bits per heavy atom. The van der Waals surface area contributed by atoms with Gasteiger partial charge in [-0.05, 0) is 19.1 Å². The van der Waals surface area contributed by atoms with Gasteiger partial charge in [0, 0.05) is 29.6 Å². The molecule has 0 radical (unpaired) electrons. The van der Waals surface area contributed by atoms with E-state index in [2.05, 4.69) is 41.3 Å². The molecule has 1 aliphatic heterocycles. The van der Waals surface area contributed by atoms with Gasteiger partial charge in [-0.15, -0.1) is 11.3 Å². The predicted octanol–water partition coefficient (Wildman–Crippen LogP) is 2.48. The van der Waals surface area contributed by atoms with Crippen molar-refractivity contribution in [2.75, 3.05) is 12.3 Å². The van der Waals surface area contributed by atoms with E-state index < -0.39 is 0 Å². The van der Waals surface area contributed by atoms with Gasteiger partial charge in [-0.2, -0.15) is 11.8 Å². The molecule has 0 amide bonds. The smallest absolute Gasteiger partial charge is 0.0897 e. The van der Waals surface area contributed by atoms with Crippen molar-refractivity contribution in [1.29, 1.82) is 0 Å². The Balaban J connectivity index is 1.70. The fraction of sp³-hybridized carbons (Fsp3) is 0.727. The summed E-state index contributed by atoms with van der Waals surface area (Å²) in [6, 6.07) is 0.717. The van der Waals surface area contributed by atoms with Crippen LogP contribution in [0, 0.1) is 6.92 Å². The Labute approximate surface area is 99.9 Å². The van der Waals surface area contributed by atoms with Crippen LogP contribution in [-0.2, 0) is 6.42 Å². The van der Waals surface area contributed by atoms with Gasteiger partial charge >= 0.3 is 0 Å². The van der Waals surface area contributed by atoms with Gasteiger partial charge in [0.1, 0.15) is 0 Å². The lowest BCUT2D eigenvalue weighted by atomic mass is 10.1. The van der Waals surface area contributed by atoms with Crippen LogP contribution in [0.1, 0.15) is 24.0 Å². The van der Waals surface area contributed by atoms with Gasteiger partial charge in [-0.25, -0.2) is 4.98 Å². The molecule has 1 fully saturated rings. The van der Waals surface area contributed by atoms with Crippen LogP contribution in [0.25, 0.3) is 0 Å². The molecule has 1 aromatic heterocycles. The van der Waals surface area contributed by atoms with E-state index in [0.29, 0.717) is 0 Å². The molecule has 2 nitrogen and oxygen atoms in total. The Hall–Kier alpha value is -0.0600. The summed E-state index contributed by atoms with van der Waals surface area (Å²) in [7, 11) is 0. The molecule has 15 heavy (non-hydrogen) atoms. The van der Waals surface area contributed by atoms with E-state index in [-0.39, 0.29) is 0 Å². The normalized spacial score (nSPS) is 26.0. The first-order chi connectivity index (χ1) is 7.25. The number of rotatable bonds is 4. The molecule has 1 saturated heterocycles. The van der Waals surface area contributed by atoms with Crippen molar-refractivity contribution in [2.45, 2.75) is 38.0 Å². The van der Waals surface area contributed by atoms with Crippen LogP contribution in [0.4, 0.5) is 0 Å². The SMILES string of the molecule is Cc1nc(CCNC2CCSC2C)cs1. The van der Waals surface area contributed by atoms with Crippen molar-refractivity contribution in [3.8, 4) is 0 Å². The van der Waals surface area contributed by atoms with E-state index in [1.54, 1.807) is 11.3 Å². The number of nitrogens with zero attached hydrogens (tertiary/aromatic N) is 1. The van der Waals surface area contributed by atoms with Gasteiger partial charge in [0.15, 0.2) is 0 Å². The lowest BCUT2D eigenvalue weighted by Crippen LogP contribution is -2.34. The average molecular weight is 242 g/mol. The van der Waals surface area contributed by atoms with Crippen LogP contribution < -0.4 is 5.32 Å². The zero-order valence-electron chi connectivity index (χ0n) is 9.32. The molecule has 0 saturated carbocycles. The fourth-order valence-electron chi connectivity index (χ4n) is 1.91. The van der Waals surface area contributed by atoms with Gasteiger partial charge < -0.3 is 5.32 Å². The molecule has 1 N–H and O–H groups in total. The summed E-state index contributed by atoms with van der Waals surface area (Å²) >= 11 is 3.82. The van der Waals surface area contributed by atoms with Gasteiger partial charge in [0.05, 0.1) is 10.7 Å². The van der Waals surface area contributed by atoms with E-state index in [1.165, 1.54) is 22.9 Å². The molecular formula is C11H18N2S2. The first-order valence-electron chi connectivity index (χ1n) is 5.51. The number of nitrogens with one attached hydrogen (secondary N) is 1. The third kappa shape index (κ3) is 3.20. The zero-order valence-corrected chi connectivity index (χ0v) is 11.0. The second kappa shape index (κ2) is 5.32. The minimum atomic E-state index is 0.717. The molecule has 84 valence electrons. The minimum Gasteiger partial charge on any atom is -0.312 e. The van der Waals surface area contributed by atoms with E-state index in [9.17, 15) is 0 Å². The summed E-state index contributed by atoms with van der Waals surface area (Å²) in [6.07, 6.45) is 2.39. The van der Waals surface area contributed by atoms with E-state index >= 15 is 0 Å². The third-order valence-corrected chi connectivity index (χ3v) is 4.98. The largest absolute Gasteiger partial charge is 0.312 e. The molecule has 1 aliphatic rings. The summed E-state index contributed by atoms with van der Waals surface area (Å²) in [5, 5.41) is 7.76. The van der Waals surface area contributed by atoms with Crippen LogP contribution in [0.3, 0.4) is 0 Å². The second-order valence-electron chi connectivity index (χ2n) is 4.03. The summed E-state index contributed by atoms with van der Waals surface area (Å²) in [6.45, 7) is 5.46. The summed E-state index contributed by atoms with van der Waals surface area (Å²) < 4.78 is 0. The molecule has 0 aliphatic carbocycles. The molecule has 0 spiro atoms. The molecule has 2 atom stereocenters. The first-order valence-corrected chi connectivity index (χ1v) is 7.44. The molecule has 2 heterocycles. The van der Waals surface area contributed by atoms with Crippen molar-refractivity contribution in [1.82, 2.24) is 10.3 Å². The minimum absolute atomic E-state index is 0.717. The standard InChI is InChI=1S/C11H18N2S2/c1-8-11(4-6-14-8)12-5-3-10-7-15-9(2)13-10/h7-8,11-12H,3-6H2,1-2H3. The number of hydrogen-bond donors (Lipinski definition) is 1. The Morgan fingerprint density at radius 1 is 1.60 bits per heavy atom. The highest BCUT2D eigenvalue weighted by Gasteiger charge is 2.22. The van der Waals surface area contributed by atoms with E-state index in [0.717, 1.165) is 24.3 Å². The van der Waals surface area contributed by atoms with Crippen LogP contribution in [0.5, 0.6) is 0 Å². The summed E-state index contributed by atoms with van der Waals surface area (Å²) in [4.78, 5) is 4.47. The Kier molecular flexibility index (Phi) is 4.05. The molecule has 1 aromatic rings. The highest BCUT2D eigenvalue weighted by atomic mass is 32.2. The summed E-state index contributed by atoms with van der Waals surface area (Å²) in [5.41, 5.74) is 1.24. The topological polar surface area (TPSA) is 24.9 Å². The first kappa shape index (κ1) is 11.4. The van der Waals surface area contributed by atoms with Crippen molar-refractivity contribution < 1.29 is 0 Å². The second-order valence-corrected chi connectivity index (χ2v) is 6.58. The van der Waals surface area contributed by atoms with Crippen molar-refractivity contribution in [3.63, 3.8) is 0 Å². The highest BCUT2D eigenvalue weighted by molar-refractivity contribution is 8.00. The maximum absolute atomic E-state index is 4.47. The third-order valence-electron chi connectivity index (χ3n) is 2.83. The van der Waals surface area contributed by atoms with Crippen molar-refractivity contribution >= 4 is 23.1 Å². The fourth-order valence-corrected chi connectivity index (χ4v) is 3.78. The monoisotopic (exact) mass is 242 g/mol. The lowest BCUT2D eigenvalue weighted by molar-refractivity contribution is 0.515. The average Bonchev–Trinajstić information content (AvgIpc) is 2.77. The van der Waals surface area contributed by atoms with Crippen LogP contribution >= 0.6 is 23.1 Å². The molecule has 4 heteroatoms.